The molecule has 0 bridgehead atoms. The number of nitrogens with two attached hydrogens (primary N) is 1. The first-order chi connectivity index (χ1) is 7.15. The number of aliphatic hydroxyl groups is 1. The lowest BCUT2D eigenvalue weighted by Gasteiger charge is -2.26. The summed E-state index contributed by atoms with van der Waals surface area (Å²) in [5.41, 5.74) is 6.17. The Morgan fingerprint density at radius 2 is 2.40 bits per heavy atom. The Labute approximate surface area is 87.7 Å². The molecule has 1 aromatic rings. The molecule has 0 amide bonds. The number of ether oxygens (including phenoxy) is 1. The number of aryl methyl sites for hydroxylation is 1. The first kappa shape index (κ1) is 10.4. The zero-order chi connectivity index (χ0) is 10.8. The second kappa shape index (κ2) is 4.16. The van der Waals surface area contributed by atoms with Crippen LogP contribution in [0.25, 0.3) is 0 Å². The Bertz CT molecular complexity index is 354. The highest BCUT2D eigenvalue weighted by atomic mass is 19.1. The lowest BCUT2D eigenvalue weighted by molar-refractivity contribution is 0.0862. The van der Waals surface area contributed by atoms with Crippen LogP contribution in [-0.4, -0.2) is 17.4 Å². The first-order valence-corrected chi connectivity index (χ1v) is 5.04. The van der Waals surface area contributed by atoms with Crippen molar-refractivity contribution >= 4 is 0 Å². The van der Waals surface area contributed by atoms with Crippen LogP contribution >= 0.6 is 0 Å². The maximum absolute atomic E-state index is 12.9. The molecule has 0 aromatic heterocycles. The van der Waals surface area contributed by atoms with Crippen molar-refractivity contribution in [1.29, 1.82) is 0 Å². The molecule has 1 aromatic carbocycles. The molecule has 3 nitrogen and oxygen atoms in total. The summed E-state index contributed by atoms with van der Waals surface area (Å²) in [6, 6.07) is 4.49. The van der Waals surface area contributed by atoms with Crippen LogP contribution < -0.4 is 10.5 Å². The number of fused-ring (bicyclic) bond motifs is 1. The molecule has 0 fully saturated rings. The van der Waals surface area contributed by atoms with Gasteiger partial charge in [-0.05, 0) is 36.6 Å². The number of halogens is 1. The number of aliphatic hydroxyl groups excluding tert-OH is 1. The van der Waals surface area contributed by atoms with Gasteiger partial charge in [0, 0.05) is 6.42 Å². The molecule has 4 heteroatoms. The van der Waals surface area contributed by atoms with E-state index in [1.807, 2.05) is 0 Å². The van der Waals surface area contributed by atoms with E-state index in [9.17, 15) is 4.39 Å². The van der Waals surface area contributed by atoms with Crippen molar-refractivity contribution in [1.82, 2.24) is 0 Å². The van der Waals surface area contributed by atoms with E-state index in [2.05, 4.69) is 0 Å². The highest BCUT2D eigenvalue weighted by Crippen LogP contribution is 2.29. The van der Waals surface area contributed by atoms with Gasteiger partial charge in [0.2, 0.25) is 0 Å². The van der Waals surface area contributed by atoms with Gasteiger partial charge in [-0.25, -0.2) is 4.39 Å². The molecule has 0 saturated heterocycles. The van der Waals surface area contributed by atoms with E-state index in [4.69, 9.17) is 15.6 Å². The van der Waals surface area contributed by atoms with Crippen LogP contribution in [0.2, 0.25) is 0 Å². The topological polar surface area (TPSA) is 55.5 Å². The second-order valence-electron chi connectivity index (χ2n) is 3.83. The minimum atomic E-state index is -0.850. The van der Waals surface area contributed by atoms with E-state index in [0.29, 0.717) is 12.2 Å². The summed E-state index contributed by atoms with van der Waals surface area (Å²) in [4.78, 5) is 0. The Kier molecular flexibility index (Phi) is 2.88. The third kappa shape index (κ3) is 2.46. The van der Waals surface area contributed by atoms with Gasteiger partial charge in [-0.2, -0.15) is 0 Å². The Morgan fingerprint density at radius 3 is 3.13 bits per heavy atom. The summed E-state index contributed by atoms with van der Waals surface area (Å²) in [5.74, 6) is 0.461. The maximum Gasteiger partial charge on any atom is 0.123 e. The van der Waals surface area contributed by atoms with Crippen molar-refractivity contribution in [3.8, 4) is 5.75 Å². The van der Waals surface area contributed by atoms with Crippen molar-refractivity contribution in [2.45, 2.75) is 31.6 Å². The Hall–Kier alpha value is -1.13. The minimum Gasteiger partial charge on any atom is -0.490 e. The summed E-state index contributed by atoms with van der Waals surface area (Å²) in [6.45, 7) is 0. The monoisotopic (exact) mass is 211 g/mol. The predicted molar refractivity (Wildman–Crippen MR) is 53.9 cm³/mol. The zero-order valence-electron chi connectivity index (χ0n) is 8.32. The van der Waals surface area contributed by atoms with Crippen LogP contribution in [0.15, 0.2) is 18.2 Å². The predicted octanol–water partition coefficient (Wildman–Crippen LogP) is 1.19. The van der Waals surface area contributed by atoms with Gasteiger partial charge in [0.25, 0.3) is 0 Å². The molecule has 1 aliphatic rings. The van der Waals surface area contributed by atoms with Crippen molar-refractivity contribution in [2.24, 2.45) is 5.73 Å². The van der Waals surface area contributed by atoms with Gasteiger partial charge in [-0.1, -0.05) is 0 Å². The van der Waals surface area contributed by atoms with E-state index >= 15 is 0 Å². The van der Waals surface area contributed by atoms with Crippen LogP contribution in [0.3, 0.4) is 0 Å². The van der Waals surface area contributed by atoms with Crippen LogP contribution in [0.1, 0.15) is 18.4 Å². The van der Waals surface area contributed by atoms with Gasteiger partial charge in [-0.3, -0.25) is 0 Å². The molecule has 1 aliphatic heterocycles. The minimum absolute atomic E-state index is 0.0667. The molecule has 0 saturated carbocycles. The van der Waals surface area contributed by atoms with Gasteiger partial charge >= 0.3 is 0 Å². The van der Waals surface area contributed by atoms with Gasteiger partial charge in [-0.15, -0.1) is 0 Å². The molecule has 0 spiro atoms. The van der Waals surface area contributed by atoms with Crippen molar-refractivity contribution in [2.75, 3.05) is 0 Å². The fourth-order valence-corrected chi connectivity index (χ4v) is 1.85. The van der Waals surface area contributed by atoms with E-state index in [0.717, 1.165) is 18.4 Å². The molecular weight excluding hydrogens is 197 g/mol. The van der Waals surface area contributed by atoms with Gasteiger partial charge < -0.3 is 15.6 Å². The Balaban J connectivity index is 2.10. The average Bonchev–Trinajstić information content (AvgIpc) is 2.17. The number of benzene rings is 1. The quantitative estimate of drug-likeness (QED) is 0.722. The fraction of sp³-hybridized carbons (Fsp3) is 0.455. The molecule has 2 atom stereocenters. The van der Waals surface area contributed by atoms with Crippen LogP contribution in [0, 0.1) is 5.82 Å². The standard InChI is InChI=1S/C11H14FNO2/c12-8-2-4-10-7(5-8)1-3-9(15-10)6-11(13)14/h2,4-5,9,11,14H,1,3,6,13H2. The molecule has 0 radical (unpaired) electrons. The van der Waals surface area contributed by atoms with E-state index in [1.54, 1.807) is 6.07 Å². The third-order valence-corrected chi connectivity index (χ3v) is 2.56. The van der Waals surface area contributed by atoms with Gasteiger partial charge in [0.1, 0.15) is 23.9 Å². The molecule has 15 heavy (non-hydrogen) atoms. The molecule has 2 rings (SSSR count). The summed E-state index contributed by atoms with van der Waals surface area (Å²) in [5, 5.41) is 9.03. The molecule has 0 aliphatic carbocycles. The molecule has 1 heterocycles. The van der Waals surface area contributed by atoms with Gasteiger partial charge in [0.05, 0.1) is 0 Å². The smallest absolute Gasteiger partial charge is 0.123 e. The summed E-state index contributed by atoms with van der Waals surface area (Å²) in [6.07, 6.45) is 1.03. The SMILES string of the molecule is NC(O)CC1CCc2cc(F)ccc2O1. The Morgan fingerprint density at radius 1 is 1.60 bits per heavy atom. The van der Waals surface area contributed by atoms with E-state index in [1.165, 1.54) is 12.1 Å². The summed E-state index contributed by atoms with van der Waals surface area (Å²) in [7, 11) is 0. The normalized spacial score (nSPS) is 21.7. The molecule has 3 N–H and O–H groups in total. The maximum atomic E-state index is 12.9. The zero-order valence-corrected chi connectivity index (χ0v) is 8.32. The number of rotatable bonds is 2. The summed E-state index contributed by atoms with van der Waals surface area (Å²) < 4.78 is 18.5. The van der Waals surface area contributed by atoms with E-state index in [-0.39, 0.29) is 11.9 Å². The van der Waals surface area contributed by atoms with Gasteiger partial charge in [0.15, 0.2) is 0 Å². The summed E-state index contributed by atoms with van der Waals surface area (Å²) >= 11 is 0. The largest absolute Gasteiger partial charge is 0.490 e. The first-order valence-electron chi connectivity index (χ1n) is 5.04. The lowest BCUT2D eigenvalue weighted by Crippen LogP contribution is -2.31. The van der Waals surface area contributed by atoms with Crippen molar-refractivity contribution in [3.63, 3.8) is 0 Å². The molecule has 82 valence electrons. The molecular formula is C11H14FNO2. The van der Waals surface area contributed by atoms with Crippen LogP contribution in [0.5, 0.6) is 5.75 Å². The van der Waals surface area contributed by atoms with Crippen molar-refractivity contribution < 1.29 is 14.2 Å². The third-order valence-electron chi connectivity index (χ3n) is 2.56. The average molecular weight is 211 g/mol. The number of hydrogen-bond acceptors (Lipinski definition) is 3. The lowest BCUT2D eigenvalue weighted by atomic mass is 10.00. The van der Waals surface area contributed by atoms with Crippen molar-refractivity contribution in [3.05, 3.63) is 29.6 Å². The van der Waals surface area contributed by atoms with E-state index < -0.39 is 6.23 Å². The second-order valence-corrected chi connectivity index (χ2v) is 3.83. The fourth-order valence-electron chi connectivity index (χ4n) is 1.85. The number of hydrogen-bond donors (Lipinski definition) is 2. The highest BCUT2D eigenvalue weighted by Gasteiger charge is 2.21. The van der Waals surface area contributed by atoms with Crippen LogP contribution in [0.4, 0.5) is 4.39 Å². The van der Waals surface area contributed by atoms with Crippen LogP contribution in [-0.2, 0) is 6.42 Å². The molecule has 2 unspecified atom stereocenters. The highest BCUT2D eigenvalue weighted by molar-refractivity contribution is 5.35.